The third-order valence-corrected chi connectivity index (χ3v) is 4.65. The van der Waals surface area contributed by atoms with Crippen LogP contribution in [0, 0.1) is 18.7 Å². The van der Waals surface area contributed by atoms with Gasteiger partial charge < -0.3 is 5.32 Å². The average Bonchev–Trinajstić information content (AvgIpc) is 2.87. The zero-order valence-corrected chi connectivity index (χ0v) is 12.9. The van der Waals surface area contributed by atoms with Gasteiger partial charge in [0.25, 0.3) is 0 Å². The van der Waals surface area contributed by atoms with Crippen molar-refractivity contribution in [2.75, 3.05) is 0 Å². The highest BCUT2D eigenvalue weighted by Gasteiger charge is 2.27. The fraction of sp³-hybridized carbons (Fsp3) is 0.529. The fourth-order valence-corrected chi connectivity index (χ4v) is 2.96. The number of rotatable bonds is 7. The molecule has 1 saturated carbocycles. The summed E-state index contributed by atoms with van der Waals surface area (Å²) in [4.78, 5) is 0. The molecule has 0 bridgehead atoms. The van der Waals surface area contributed by atoms with Crippen LogP contribution in [0.4, 0.5) is 4.39 Å². The highest BCUT2D eigenvalue weighted by molar-refractivity contribution is 5.16. The Kier molecular flexibility index (Phi) is 4.83. The summed E-state index contributed by atoms with van der Waals surface area (Å²) in [5, 5.41) is 11.4. The molecule has 1 aromatic heterocycles. The van der Waals surface area contributed by atoms with Crippen LogP contribution >= 0.6 is 0 Å². The molecule has 1 heterocycles. The number of nitrogens with zero attached hydrogens (tertiary/aromatic N) is 2. The van der Waals surface area contributed by atoms with E-state index in [9.17, 15) is 4.39 Å². The number of hydrogen-bond acceptors (Lipinski definition) is 4. The molecule has 0 spiro atoms. The van der Waals surface area contributed by atoms with Crippen LogP contribution in [0.2, 0.25) is 0 Å². The predicted octanol–water partition coefficient (Wildman–Crippen LogP) is 3.41. The van der Waals surface area contributed by atoms with Gasteiger partial charge in [0.2, 0.25) is 0 Å². The molecule has 118 valence electrons. The highest BCUT2D eigenvalue weighted by atomic mass is 19.1. The fourth-order valence-electron chi connectivity index (χ4n) is 2.96. The second-order valence-electron chi connectivity index (χ2n) is 6.14. The van der Waals surface area contributed by atoms with Crippen LogP contribution in [-0.4, -0.2) is 16.4 Å². The Morgan fingerprint density at radius 1 is 1.27 bits per heavy atom. The topological polar surface area (TPSA) is 51.0 Å². The summed E-state index contributed by atoms with van der Waals surface area (Å²) in [6, 6.07) is 7.28. The minimum absolute atomic E-state index is 0.175. The number of benzene rings is 1. The van der Waals surface area contributed by atoms with Crippen molar-refractivity contribution in [1.82, 2.24) is 15.6 Å². The molecule has 1 N–H and O–H groups in total. The first-order chi connectivity index (χ1) is 10.7. The zero-order valence-electron chi connectivity index (χ0n) is 12.9. The van der Waals surface area contributed by atoms with Crippen LogP contribution in [0.15, 0.2) is 28.9 Å². The van der Waals surface area contributed by atoms with Crippen LogP contribution in [-0.2, 0) is 13.0 Å². The van der Waals surface area contributed by atoms with Crippen LogP contribution in [0.3, 0.4) is 0 Å². The van der Waals surface area contributed by atoms with Crippen molar-refractivity contribution >= 4 is 0 Å². The molecular formula is C17H22FN3O. The molecular weight excluding hydrogens is 281 g/mol. The summed E-state index contributed by atoms with van der Waals surface area (Å²) < 4.78 is 17.7. The first-order valence-corrected chi connectivity index (χ1v) is 7.98. The molecule has 0 amide bonds. The van der Waals surface area contributed by atoms with E-state index in [1.807, 2.05) is 19.1 Å². The lowest BCUT2D eigenvalue weighted by molar-refractivity contribution is 0.216. The van der Waals surface area contributed by atoms with Gasteiger partial charge in [-0.15, -0.1) is 0 Å². The van der Waals surface area contributed by atoms with Crippen molar-refractivity contribution in [2.45, 2.75) is 51.6 Å². The van der Waals surface area contributed by atoms with Gasteiger partial charge in [0.15, 0.2) is 0 Å². The van der Waals surface area contributed by atoms with Crippen LogP contribution in [0.5, 0.6) is 0 Å². The van der Waals surface area contributed by atoms with Gasteiger partial charge in [0, 0.05) is 12.6 Å². The van der Waals surface area contributed by atoms with E-state index < -0.39 is 0 Å². The second kappa shape index (κ2) is 7.01. The van der Waals surface area contributed by atoms with E-state index in [4.69, 9.17) is 4.63 Å². The Bertz CT molecular complexity index is 592. The van der Waals surface area contributed by atoms with Crippen LogP contribution in [0.25, 0.3) is 0 Å². The molecule has 1 aliphatic rings. The summed E-state index contributed by atoms with van der Waals surface area (Å²) in [7, 11) is 0. The Labute approximate surface area is 130 Å². The maximum Gasteiger partial charge on any atom is 0.123 e. The molecule has 2 aromatic rings. The number of hydrogen-bond donors (Lipinski definition) is 1. The molecule has 1 atom stereocenters. The van der Waals surface area contributed by atoms with E-state index in [0.717, 1.165) is 30.1 Å². The van der Waals surface area contributed by atoms with E-state index in [1.54, 1.807) is 0 Å². The van der Waals surface area contributed by atoms with Gasteiger partial charge in [-0.3, -0.25) is 0 Å². The molecule has 22 heavy (non-hydrogen) atoms. The molecule has 0 aliphatic heterocycles. The summed E-state index contributed by atoms with van der Waals surface area (Å²) in [6.45, 7) is 2.60. The maximum atomic E-state index is 13.0. The Morgan fingerprint density at radius 3 is 2.64 bits per heavy atom. The van der Waals surface area contributed by atoms with Gasteiger partial charge in [-0.1, -0.05) is 28.9 Å². The van der Waals surface area contributed by atoms with E-state index in [2.05, 4.69) is 15.6 Å². The van der Waals surface area contributed by atoms with Crippen LogP contribution in [0.1, 0.15) is 42.6 Å². The monoisotopic (exact) mass is 303 g/mol. The van der Waals surface area contributed by atoms with Crippen molar-refractivity contribution in [3.8, 4) is 0 Å². The highest BCUT2D eigenvalue weighted by Crippen LogP contribution is 2.31. The normalized spacial score (nSPS) is 16.5. The van der Waals surface area contributed by atoms with Crippen molar-refractivity contribution in [3.05, 3.63) is 47.0 Å². The molecule has 5 heteroatoms. The first kappa shape index (κ1) is 15.2. The minimum Gasteiger partial charge on any atom is -0.308 e. The molecule has 1 fully saturated rings. The van der Waals surface area contributed by atoms with Gasteiger partial charge >= 0.3 is 0 Å². The van der Waals surface area contributed by atoms with Gasteiger partial charge in [-0.25, -0.2) is 9.02 Å². The number of halogens is 1. The summed E-state index contributed by atoms with van der Waals surface area (Å²) in [5.41, 5.74) is 2.91. The van der Waals surface area contributed by atoms with Gasteiger partial charge in [-0.2, -0.15) is 0 Å². The van der Waals surface area contributed by atoms with Crippen LogP contribution < -0.4 is 5.32 Å². The SMILES string of the molecule is Cc1nonc1CNC(CCc1ccc(F)cc1)C1CCC1. The Hall–Kier alpha value is -1.75. The van der Waals surface area contributed by atoms with Gasteiger partial charge in [0.05, 0.1) is 0 Å². The van der Waals surface area contributed by atoms with E-state index in [-0.39, 0.29) is 5.82 Å². The van der Waals surface area contributed by atoms with E-state index in [0.29, 0.717) is 12.6 Å². The van der Waals surface area contributed by atoms with Gasteiger partial charge in [-0.05, 0) is 56.2 Å². The number of nitrogens with one attached hydrogen (secondary N) is 1. The Balaban J connectivity index is 1.55. The largest absolute Gasteiger partial charge is 0.308 e. The average molecular weight is 303 g/mol. The third-order valence-electron chi connectivity index (χ3n) is 4.65. The smallest absolute Gasteiger partial charge is 0.123 e. The Morgan fingerprint density at radius 2 is 2.05 bits per heavy atom. The molecule has 4 nitrogen and oxygen atoms in total. The van der Waals surface area contributed by atoms with E-state index in [1.165, 1.54) is 37.0 Å². The molecule has 0 radical (unpaired) electrons. The van der Waals surface area contributed by atoms with E-state index >= 15 is 0 Å². The zero-order chi connectivity index (χ0) is 15.4. The second-order valence-corrected chi connectivity index (χ2v) is 6.14. The lowest BCUT2D eigenvalue weighted by atomic mass is 9.78. The summed E-state index contributed by atoms with van der Waals surface area (Å²) in [5.74, 6) is 0.562. The molecule has 1 aromatic carbocycles. The van der Waals surface area contributed by atoms with Crippen molar-refractivity contribution in [2.24, 2.45) is 5.92 Å². The molecule has 0 saturated heterocycles. The standard InChI is InChI=1S/C17H22FN3O/c1-12-17(21-22-20-12)11-19-16(14-3-2-4-14)10-7-13-5-8-15(18)9-6-13/h5-6,8-9,14,16,19H,2-4,7,10-11H2,1H3. The molecule has 3 rings (SSSR count). The lowest BCUT2D eigenvalue weighted by Gasteiger charge is -2.34. The number of aromatic nitrogens is 2. The summed E-state index contributed by atoms with van der Waals surface area (Å²) in [6.07, 6.45) is 5.92. The predicted molar refractivity (Wildman–Crippen MR) is 81.7 cm³/mol. The number of aryl methyl sites for hydroxylation is 2. The maximum absolute atomic E-state index is 13.0. The van der Waals surface area contributed by atoms with Crippen molar-refractivity contribution in [1.29, 1.82) is 0 Å². The molecule has 1 aliphatic carbocycles. The van der Waals surface area contributed by atoms with Crippen molar-refractivity contribution in [3.63, 3.8) is 0 Å². The van der Waals surface area contributed by atoms with Crippen molar-refractivity contribution < 1.29 is 9.02 Å². The first-order valence-electron chi connectivity index (χ1n) is 7.98. The third kappa shape index (κ3) is 3.71. The van der Waals surface area contributed by atoms with Gasteiger partial charge in [0.1, 0.15) is 17.2 Å². The molecule has 1 unspecified atom stereocenters. The quantitative estimate of drug-likeness (QED) is 0.851. The lowest BCUT2D eigenvalue weighted by Crippen LogP contribution is -2.39. The summed E-state index contributed by atoms with van der Waals surface area (Å²) >= 11 is 0. The minimum atomic E-state index is -0.175.